The molecule has 0 spiro atoms. The molecule has 0 saturated carbocycles. The summed E-state index contributed by atoms with van der Waals surface area (Å²) in [6.07, 6.45) is 4.33. The average molecular weight is 274 g/mol. The highest BCUT2D eigenvalue weighted by atomic mass is 16.2. The maximum Gasteiger partial charge on any atom is 0.322 e. The molecule has 1 aliphatic rings. The van der Waals surface area contributed by atoms with Crippen molar-refractivity contribution in [1.82, 2.24) is 4.90 Å². The van der Waals surface area contributed by atoms with Crippen LogP contribution in [0.25, 0.3) is 0 Å². The second kappa shape index (κ2) is 6.55. The van der Waals surface area contributed by atoms with Gasteiger partial charge in [0.15, 0.2) is 5.78 Å². The van der Waals surface area contributed by atoms with Crippen LogP contribution >= 0.6 is 0 Å². The van der Waals surface area contributed by atoms with E-state index >= 15 is 0 Å². The van der Waals surface area contributed by atoms with E-state index in [1.54, 1.807) is 18.2 Å². The lowest BCUT2D eigenvalue weighted by atomic mass is 10.0. The molecule has 4 nitrogen and oxygen atoms in total. The van der Waals surface area contributed by atoms with Crippen molar-refractivity contribution in [2.45, 2.75) is 45.6 Å². The molecule has 1 N–H and O–H groups in total. The summed E-state index contributed by atoms with van der Waals surface area (Å²) in [5, 5.41) is 2.91. The number of rotatable bonds is 3. The standard InChI is InChI=1S/C16H22N2O2/c1-3-15-9-4-5-10-18(15)16(20)17-14-8-6-7-13(11-14)12(2)19/h6-8,11,15H,3-5,9-10H2,1-2H3,(H,17,20). The molecule has 0 aliphatic carbocycles. The van der Waals surface area contributed by atoms with Crippen molar-refractivity contribution < 1.29 is 9.59 Å². The predicted molar refractivity (Wildman–Crippen MR) is 80.1 cm³/mol. The Morgan fingerprint density at radius 1 is 1.35 bits per heavy atom. The molecule has 0 aromatic heterocycles. The van der Waals surface area contributed by atoms with Crippen LogP contribution in [0.15, 0.2) is 24.3 Å². The van der Waals surface area contributed by atoms with Crippen LogP contribution in [0.2, 0.25) is 0 Å². The van der Waals surface area contributed by atoms with Gasteiger partial charge in [0.05, 0.1) is 0 Å². The molecule has 0 bridgehead atoms. The number of hydrogen-bond donors (Lipinski definition) is 1. The Hall–Kier alpha value is -1.84. The summed E-state index contributed by atoms with van der Waals surface area (Å²) in [6, 6.07) is 7.37. The molecule has 2 rings (SSSR count). The van der Waals surface area contributed by atoms with Gasteiger partial charge in [0.25, 0.3) is 0 Å². The Labute approximate surface area is 120 Å². The summed E-state index contributed by atoms with van der Waals surface area (Å²) in [5.41, 5.74) is 1.30. The molecular formula is C16H22N2O2. The van der Waals surface area contributed by atoms with Crippen LogP contribution in [-0.4, -0.2) is 29.3 Å². The fraction of sp³-hybridized carbons (Fsp3) is 0.500. The van der Waals surface area contributed by atoms with Crippen molar-refractivity contribution in [2.75, 3.05) is 11.9 Å². The highest BCUT2D eigenvalue weighted by Gasteiger charge is 2.25. The van der Waals surface area contributed by atoms with Gasteiger partial charge in [-0.15, -0.1) is 0 Å². The Kier molecular flexibility index (Phi) is 4.77. The molecule has 2 amide bonds. The first-order valence-corrected chi connectivity index (χ1v) is 7.30. The minimum absolute atomic E-state index is 0.00510. The quantitative estimate of drug-likeness (QED) is 0.855. The number of ketones is 1. The lowest BCUT2D eigenvalue weighted by Gasteiger charge is -2.35. The first kappa shape index (κ1) is 14.6. The fourth-order valence-electron chi connectivity index (χ4n) is 2.70. The van der Waals surface area contributed by atoms with E-state index in [1.165, 1.54) is 13.3 Å². The number of nitrogens with zero attached hydrogens (tertiary/aromatic N) is 1. The highest BCUT2D eigenvalue weighted by molar-refractivity contribution is 5.96. The zero-order chi connectivity index (χ0) is 14.5. The van der Waals surface area contributed by atoms with Gasteiger partial charge >= 0.3 is 6.03 Å². The molecule has 1 fully saturated rings. The number of carbonyl (C=O) groups is 2. The smallest absolute Gasteiger partial charge is 0.322 e. The van der Waals surface area contributed by atoms with Gasteiger partial charge < -0.3 is 10.2 Å². The van der Waals surface area contributed by atoms with Crippen LogP contribution in [0, 0.1) is 0 Å². The molecule has 1 heterocycles. The summed E-state index contributed by atoms with van der Waals surface area (Å²) in [6.45, 7) is 4.46. The molecule has 1 aromatic carbocycles. The Morgan fingerprint density at radius 2 is 2.15 bits per heavy atom. The van der Waals surface area contributed by atoms with Gasteiger partial charge in [-0.3, -0.25) is 4.79 Å². The van der Waals surface area contributed by atoms with Crippen LogP contribution < -0.4 is 5.32 Å². The zero-order valence-corrected chi connectivity index (χ0v) is 12.2. The van der Waals surface area contributed by atoms with E-state index in [1.807, 2.05) is 11.0 Å². The largest absolute Gasteiger partial charge is 0.322 e. The topological polar surface area (TPSA) is 49.4 Å². The number of likely N-dealkylation sites (tertiary alicyclic amines) is 1. The number of benzene rings is 1. The van der Waals surface area contributed by atoms with Gasteiger partial charge in [0.2, 0.25) is 0 Å². The molecule has 4 heteroatoms. The number of carbonyl (C=O) groups excluding carboxylic acids is 2. The van der Waals surface area contributed by atoms with Crippen LogP contribution in [0.1, 0.15) is 49.9 Å². The van der Waals surface area contributed by atoms with Gasteiger partial charge in [-0.05, 0) is 44.7 Å². The summed E-state index contributed by atoms with van der Waals surface area (Å²) in [4.78, 5) is 25.6. The van der Waals surface area contributed by atoms with Crippen LogP contribution in [-0.2, 0) is 0 Å². The molecule has 1 atom stereocenters. The Balaban J connectivity index is 2.06. The molecule has 1 aliphatic heterocycles. The van der Waals surface area contributed by atoms with Gasteiger partial charge in [-0.1, -0.05) is 19.1 Å². The number of urea groups is 1. The van der Waals surface area contributed by atoms with Crippen molar-refractivity contribution in [2.24, 2.45) is 0 Å². The van der Waals surface area contributed by atoms with Crippen LogP contribution in [0.5, 0.6) is 0 Å². The van der Waals surface area contributed by atoms with Gasteiger partial charge in [-0.25, -0.2) is 4.79 Å². The minimum Gasteiger partial charge on any atom is -0.322 e. The van der Waals surface area contributed by atoms with Gasteiger partial charge in [-0.2, -0.15) is 0 Å². The Morgan fingerprint density at radius 3 is 2.85 bits per heavy atom. The van der Waals surface area contributed by atoms with Crippen molar-refractivity contribution >= 4 is 17.5 Å². The summed E-state index contributed by atoms with van der Waals surface area (Å²) < 4.78 is 0. The summed E-state index contributed by atoms with van der Waals surface area (Å²) >= 11 is 0. The third-order valence-electron chi connectivity index (χ3n) is 3.88. The molecule has 0 radical (unpaired) electrons. The summed E-state index contributed by atoms with van der Waals surface area (Å²) in [5.74, 6) is 0.00510. The number of piperidine rings is 1. The first-order chi connectivity index (χ1) is 9.61. The maximum atomic E-state index is 12.3. The highest BCUT2D eigenvalue weighted by Crippen LogP contribution is 2.21. The molecular weight excluding hydrogens is 252 g/mol. The molecule has 1 unspecified atom stereocenters. The third kappa shape index (κ3) is 3.38. The third-order valence-corrected chi connectivity index (χ3v) is 3.88. The molecule has 1 saturated heterocycles. The maximum absolute atomic E-state index is 12.3. The minimum atomic E-state index is -0.0581. The van der Waals surface area contributed by atoms with E-state index in [0.717, 1.165) is 25.8 Å². The second-order valence-corrected chi connectivity index (χ2v) is 5.32. The SMILES string of the molecule is CCC1CCCCN1C(=O)Nc1cccc(C(C)=O)c1. The fourth-order valence-corrected chi connectivity index (χ4v) is 2.70. The van der Waals surface area contributed by atoms with E-state index in [0.29, 0.717) is 17.3 Å². The second-order valence-electron chi connectivity index (χ2n) is 5.32. The van der Waals surface area contributed by atoms with E-state index in [-0.39, 0.29) is 11.8 Å². The van der Waals surface area contributed by atoms with Crippen molar-refractivity contribution in [3.63, 3.8) is 0 Å². The number of amides is 2. The summed E-state index contributed by atoms with van der Waals surface area (Å²) in [7, 11) is 0. The predicted octanol–water partition coefficient (Wildman–Crippen LogP) is 3.69. The van der Waals surface area contributed by atoms with Crippen LogP contribution in [0.4, 0.5) is 10.5 Å². The van der Waals surface area contributed by atoms with E-state index < -0.39 is 0 Å². The number of nitrogens with one attached hydrogen (secondary N) is 1. The van der Waals surface area contributed by atoms with Crippen molar-refractivity contribution in [1.29, 1.82) is 0 Å². The van der Waals surface area contributed by atoms with Gasteiger partial charge in [0.1, 0.15) is 0 Å². The van der Waals surface area contributed by atoms with Crippen molar-refractivity contribution in [3.05, 3.63) is 29.8 Å². The molecule has 108 valence electrons. The monoisotopic (exact) mass is 274 g/mol. The van der Waals surface area contributed by atoms with E-state index in [2.05, 4.69) is 12.2 Å². The lowest BCUT2D eigenvalue weighted by molar-refractivity contribution is 0.101. The van der Waals surface area contributed by atoms with E-state index in [9.17, 15) is 9.59 Å². The van der Waals surface area contributed by atoms with Gasteiger partial charge in [0, 0.05) is 23.8 Å². The number of hydrogen-bond acceptors (Lipinski definition) is 2. The first-order valence-electron chi connectivity index (χ1n) is 7.30. The molecule has 20 heavy (non-hydrogen) atoms. The Bertz CT molecular complexity index is 499. The lowest BCUT2D eigenvalue weighted by Crippen LogP contribution is -2.45. The molecule has 1 aromatic rings. The van der Waals surface area contributed by atoms with Crippen LogP contribution in [0.3, 0.4) is 0 Å². The average Bonchev–Trinajstić information content (AvgIpc) is 2.47. The zero-order valence-electron chi connectivity index (χ0n) is 12.2. The normalized spacial score (nSPS) is 18.7. The van der Waals surface area contributed by atoms with Crippen molar-refractivity contribution in [3.8, 4) is 0 Å². The number of anilines is 1. The van der Waals surface area contributed by atoms with E-state index in [4.69, 9.17) is 0 Å². The number of Topliss-reactive ketones (excluding diaryl/α,β-unsaturated/α-hetero) is 1.